The highest BCUT2D eigenvalue weighted by molar-refractivity contribution is 5.18. The molecule has 0 aliphatic heterocycles. The molecule has 1 heterocycles. The molecule has 1 aromatic heterocycles. The van der Waals surface area contributed by atoms with Gasteiger partial charge in [-0.15, -0.1) is 6.58 Å². The van der Waals surface area contributed by atoms with Crippen molar-refractivity contribution in [2.24, 2.45) is 7.05 Å². The lowest BCUT2D eigenvalue weighted by atomic mass is 9.99. The SMILES string of the molecule is C=CC(C/C=C\C)c1cnn(C)c1. The molecular weight excluding hydrogens is 160 g/mol. The van der Waals surface area contributed by atoms with Crippen LogP contribution in [0.15, 0.2) is 37.2 Å². The third-order valence-electron chi connectivity index (χ3n) is 2.06. The highest BCUT2D eigenvalue weighted by Crippen LogP contribution is 2.20. The van der Waals surface area contributed by atoms with Gasteiger partial charge in [0, 0.05) is 19.2 Å². The van der Waals surface area contributed by atoms with Crippen LogP contribution in [-0.4, -0.2) is 9.78 Å². The lowest BCUT2D eigenvalue weighted by Crippen LogP contribution is -1.91. The lowest BCUT2D eigenvalue weighted by Gasteiger charge is -2.05. The molecule has 2 nitrogen and oxygen atoms in total. The molecule has 1 aromatic rings. The number of hydrogen-bond acceptors (Lipinski definition) is 1. The fourth-order valence-electron chi connectivity index (χ4n) is 1.28. The van der Waals surface area contributed by atoms with Crippen molar-refractivity contribution in [1.82, 2.24) is 9.78 Å². The molecule has 0 aromatic carbocycles. The average Bonchev–Trinajstić information content (AvgIpc) is 2.54. The minimum Gasteiger partial charge on any atom is -0.276 e. The Kier molecular flexibility index (Phi) is 3.50. The summed E-state index contributed by atoms with van der Waals surface area (Å²) < 4.78 is 1.82. The summed E-state index contributed by atoms with van der Waals surface area (Å²) in [6.45, 7) is 5.86. The minimum absolute atomic E-state index is 0.393. The number of nitrogens with zero attached hydrogens (tertiary/aromatic N) is 2. The monoisotopic (exact) mass is 176 g/mol. The molecule has 0 spiro atoms. The predicted molar refractivity (Wildman–Crippen MR) is 55.6 cm³/mol. The average molecular weight is 176 g/mol. The number of aryl methyl sites for hydroxylation is 1. The molecule has 0 bridgehead atoms. The van der Waals surface area contributed by atoms with Gasteiger partial charge in [-0.1, -0.05) is 18.2 Å². The molecule has 0 saturated carbocycles. The van der Waals surface area contributed by atoms with Gasteiger partial charge < -0.3 is 0 Å². The Morgan fingerprint density at radius 3 is 2.92 bits per heavy atom. The Labute approximate surface area is 79.6 Å². The summed E-state index contributed by atoms with van der Waals surface area (Å²) in [5.41, 5.74) is 1.23. The van der Waals surface area contributed by atoms with Crippen LogP contribution in [0.2, 0.25) is 0 Å². The summed E-state index contributed by atoms with van der Waals surface area (Å²) in [6.07, 6.45) is 11.1. The molecule has 0 N–H and O–H groups in total. The van der Waals surface area contributed by atoms with E-state index in [2.05, 4.69) is 23.8 Å². The summed E-state index contributed by atoms with van der Waals surface area (Å²) >= 11 is 0. The van der Waals surface area contributed by atoms with E-state index in [-0.39, 0.29) is 0 Å². The van der Waals surface area contributed by atoms with Crippen LogP contribution in [0.3, 0.4) is 0 Å². The van der Waals surface area contributed by atoms with Gasteiger partial charge in [0.15, 0.2) is 0 Å². The van der Waals surface area contributed by atoms with Crippen LogP contribution in [0.5, 0.6) is 0 Å². The standard InChI is InChI=1S/C11H16N2/c1-4-6-7-10(5-2)11-8-12-13(3)9-11/h4-6,8-10H,2,7H2,1,3H3/b6-4-. The van der Waals surface area contributed by atoms with E-state index < -0.39 is 0 Å². The Balaban J connectivity index is 2.72. The molecule has 13 heavy (non-hydrogen) atoms. The number of hydrogen-bond donors (Lipinski definition) is 0. The summed E-state index contributed by atoms with van der Waals surface area (Å²) in [7, 11) is 1.93. The van der Waals surface area contributed by atoms with E-state index in [1.54, 1.807) is 0 Å². The van der Waals surface area contributed by atoms with Crippen LogP contribution in [0.4, 0.5) is 0 Å². The minimum atomic E-state index is 0.393. The van der Waals surface area contributed by atoms with Crippen molar-refractivity contribution >= 4 is 0 Å². The zero-order valence-electron chi connectivity index (χ0n) is 8.27. The summed E-state index contributed by atoms with van der Waals surface area (Å²) in [6, 6.07) is 0. The number of aromatic nitrogens is 2. The van der Waals surface area contributed by atoms with E-state index in [1.165, 1.54) is 5.56 Å². The summed E-state index contributed by atoms with van der Waals surface area (Å²) in [4.78, 5) is 0. The van der Waals surface area contributed by atoms with Crippen molar-refractivity contribution in [3.63, 3.8) is 0 Å². The molecule has 0 aliphatic carbocycles. The second-order valence-corrected chi connectivity index (χ2v) is 3.09. The Hall–Kier alpha value is -1.31. The summed E-state index contributed by atoms with van der Waals surface area (Å²) in [5, 5.41) is 4.14. The molecule has 0 aliphatic rings. The van der Waals surface area contributed by atoms with Gasteiger partial charge in [0.25, 0.3) is 0 Å². The van der Waals surface area contributed by atoms with E-state index in [0.29, 0.717) is 5.92 Å². The molecular formula is C11H16N2. The van der Waals surface area contributed by atoms with E-state index in [0.717, 1.165) is 6.42 Å². The second-order valence-electron chi connectivity index (χ2n) is 3.09. The van der Waals surface area contributed by atoms with E-state index in [4.69, 9.17) is 0 Å². The molecule has 1 rings (SSSR count). The highest BCUT2D eigenvalue weighted by Gasteiger charge is 2.06. The van der Waals surface area contributed by atoms with Gasteiger partial charge in [0.05, 0.1) is 6.20 Å². The second kappa shape index (κ2) is 4.65. The topological polar surface area (TPSA) is 17.8 Å². The largest absolute Gasteiger partial charge is 0.276 e. The molecule has 1 unspecified atom stereocenters. The van der Waals surface area contributed by atoms with Gasteiger partial charge >= 0.3 is 0 Å². The van der Waals surface area contributed by atoms with Gasteiger partial charge in [-0.2, -0.15) is 5.10 Å². The zero-order valence-corrected chi connectivity index (χ0v) is 8.27. The van der Waals surface area contributed by atoms with Gasteiger partial charge in [0.1, 0.15) is 0 Å². The molecule has 0 amide bonds. The molecule has 1 atom stereocenters. The first kappa shape index (κ1) is 9.78. The van der Waals surface area contributed by atoms with Crippen LogP contribution < -0.4 is 0 Å². The molecule has 0 saturated heterocycles. The van der Waals surface area contributed by atoms with Crippen molar-refractivity contribution < 1.29 is 0 Å². The Morgan fingerprint density at radius 1 is 1.69 bits per heavy atom. The maximum absolute atomic E-state index is 4.14. The molecule has 2 heteroatoms. The third kappa shape index (κ3) is 2.58. The fraction of sp³-hybridized carbons (Fsp3) is 0.364. The molecule has 0 fully saturated rings. The fourth-order valence-corrected chi connectivity index (χ4v) is 1.28. The maximum Gasteiger partial charge on any atom is 0.0527 e. The van der Waals surface area contributed by atoms with Gasteiger partial charge in [-0.25, -0.2) is 0 Å². The van der Waals surface area contributed by atoms with Crippen LogP contribution >= 0.6 is 0 Å². The Morgan fingerprint density at radius 2 is 2.46 bits per heavy atom. The van der Waals surface area contributed by atoms with E-state index in [1.807, 2.05) is 37.1 Å². The smallest absolute Gasteiger partial charge is 0.0527 e. The van der Waals surface area contributed by atoms with Crippen molar-refractivity contribution in [2.45, 2.75) is 19.3 Å². The highest BCUT2D eigenvalue weighted by atomic mass is 15.2. The predicted octanol–water partition coefficient (Wildman–Crippen LogP) is 2.66. The van der Waals surface area contributed by atoms with Crippen molar-refractivity contribution in [3.8, 4) is 0 Å². The number of rotatable bonds is 4. The molecule has 0 radical (unpaired) electrons. The van der Waals surface area contributed by atoms with Crippen LogP contribution in [0.25, 0.3) is 0 Å². The maximum atomic E-state index is 4.14. The molecule has 70 valence electrons. The van der Waals surface area contributed by atoms with Crippen molar-refractivity contribution in [2.75, 3.05) is 0 Å². The first-order chi connectivity index (χ1) is 6.27. The number of allylic oxidation sites excluding steroid dienone is 3. The van der Waals surface area contributed by atoms with Crippen molar-refractivity contribution in [3.05, 3.63) is 42.8 Å². The quantitative estimate of drug-likeness (QED) is 0.645. The first-order valence-corrected chi connectivity index (χ1v) is 4.50. The van der Waals surface area contributed by atoms with Gasteiger partial charge in [0.2, 0.25) is 0 Å². The van der Waals surface area contributed by atoms with E-state index in [9.17, 15) is 0 Å². The van der Waals surface area contributed by atoms with Crippen LogP contribution in [0, 0.1) is 0 Å². The first-order valence-electron chi connectivity index (χ1n) is 4.50. The lowest BCUT2D eigenvalue weighted by molar-refractivity contribution is 0.765. The van der Waals surface area contributed by atoms with Gasteiger partial charge in [-0.05, 0) is 18.9 Å². The van der Waals surface area contributed by atoms with Gasteiger partial charge in [-0.3, -0.25) is 4.68 Å². The van der Waals surface area contributed by atoms with E-state index >= 15 is 0 Å². The van der Waals surface area contributed by atoms with Crippen LogP contribution in [-0.2, 0) is 7.05 Å². The zero-order chi connectivity index (χ0) is 9.68. The summed E-state index contributed by atoms with van der Waals surface area (Å²) in [5.74, 6) is 0.393. The normalized spacial score (nSPS) is 13.4. The van der Waals surface area contributed by atoms with Crippen LogP contribution in [0.1, 0.15) is 24.8 Å². The van der Waals surface area contributed by atoms with Crippen molar-refractivity contribution in [1.29, 1.82) is 0 Å². The Bertz CT molecular complexity index is 297. The third-order valence-corrected chi connectivity index (χ3v) is 2.06.